The van der Waals surface area contributed by atoms with Gasteiger partial charge in [-0.25, -0.2) is 14.4 Å². The summed E-state index contributed by atoms with van der Waals surface area (Å²) in [6, 6.07) is 42.0. The molecule has 0 saturated carbocycles. The molecule has 6 atom stereocenters. The molecule has 0 heterocycles. The number of aliphatic hydroxyl groups is 4. The number of ether oxygens (including phenoxy) is 5. The Balaban J connectivity index is 0.000000982. The standard InChI is InChI=1S/C12H17NO2.C11H15NO2.2C10H13NO3.C10H13NO2.C9H11NO3.CH4/c1-3-15-12(9(2)14)8-10-5-4-6-11(13)7-10;1-8(13)11(14-2)7-9-3-5-10(12)6-4-9;1-2-14-9(10(12)13)7-3-5-8(11)6-4-7;1-2-14-9(10(12)13)7-4-3-5-8(11)6-7;1-7(12)10(13)6-8-3-2-4-9(11)5-8;1-13-8(9(11)12)6-2-4-7(10)5-3-6;/h4-7,12,14H,2-3,8,13H2,1H3;3-6,11,13H,1,7,12H2,2H3;2*3-6,9H,2,11H2,1H3,(H,12,13);2-5,10,12-13H,1,6,11H2;2-5,8H,10H2,1H3,(H,11,12);1H4. The molecule has 0 aliphatic rings. The van der Waals surface area contributed by atoms with Crippen LogP contribution in [0.4, 0.5) is 34.1 Å². The molecule has 0 aromatic heterocycles. The van der Waals surface area contributed by atoms with Crippen molar-refractivity contribution in [3.63, 3.8) is 0 Å². The summed E-state index contributed by atoms with van der Waals surface area (Å²) in [6.45, 7) is 16.8. The van der Waals surface area contributed by atoms with Crippen LogP contribution in [0.3, 0.4) is 0 Å². The molecule has 0 fully saturated rings. The summed E-state index contributed by atoms with van der Waals surface area (Å²) in [5, 5.41) is 63.2. The van der Waals surface area contributed by atoms with Crippen molar-refractivity contribution in [3.05, 3.63) is 216 Å². The van der Waals surface area contributed by atoms with Crippen LogP contribution in [0.1, 0.15) is 79.9 Å². The number of anilines is 6. The second-order valence-electron chi connectivity index (χ2n) is 17.8. The van der Waals surface area contributed by atoms with Crippen molar-refractivity contribution in [2.24, 2.45) is 0 Å². The number of hydrogen-bond donors (Lipinski definition) is 13. The molecule has 19 N–H and O–H groups in total. The molecule has 6 aromatic rings. The average molecular weight is 1170 g/mol. The fourth-order valence-corrected chi connectivity index (χ4v) is 7.07. The van der Waals surface area contributed by atoms with E-state index in [4.69, 9.17) is 78.5 Å². The van der Waals surface area contributed by atoms with Crippen molar-refractivity contribution in [1.29, 1.82) is 0 Å². The maximum Gasteiger partial charge on any atom is 0.337 e. The van der Waals surface area contributed by atoms with E-state index in [1.807, 2.05) is 61.5 Å². The summed E-state index contributed by atoms with van der Waals surface area (Å²) in [4.78, 5) is 32.3. The number of nitrogens with two attached hydrogens (primary N) is 6. The van der Waals surface area contributed by atoms with Gasteiger partial charge in [0.15, 0.2) is 18.3 Å². The van der Waals surface area contributed by atoms with E-state index in [2.05, 4.69) is 19.7 Å². The highest BCUT2D eigenvalue weighted by Gasteiger charge is 2.21. The number of carboxylic acid groups (broad SMARTS) is 3. The van der Waals surface area contributed by atoms with E-state index in [-0.39, 0.29) is 36.9 Å². The highest BCUT2D eigenvalue weighted by molar-refractivity contribution is 5.75. The number of rotatable bonds is 23. The lowest BCUT2D eigenvalue weighted by atomic mass is 10.1. The fourth-order valence-electron chi connectivity index (χ4n) is 7.07. The Morgan fingerprint density at radius 3 is 1.11 bits per heavy atom. The van der Waals surface area contributed by atoms with E-state index in [0.717, 1.165) is 22.4 Å². The first-order valence-corrected chi connectivity index (χ1v) is 25.8. The number of carboxylic acids is 3. The Labute approximate surface area is 492 Å². The van der Waals surface area contributed by atoms with Crippen molar-refractivity contribution in [1.82, 2.24) is 0 Å². The quantitative estimate of drug-likeness (QED) is 0.0209. The largest absolute Gasteiger partial charge is 0.510 e. The Morgan fingerprint density at radius 1 is 0.405 bits per heavy atom. The molecule has 0 aliphatic heterocycles. The van der Waals surface area contributed by atoms with Gasteiger partial charge in [0.1, 0.15) is 35.6 Å². The topological polar surface area (TPSA) is 395 Å². The van der Waals surface area contributed by atoms with Crippen LogP contribution in [-0.4, -0.2) is 106 Å². The molecule has 0 saturated heterocycles. The summed E-state index contributed by atoms with van der Waals surface area (Å²) in [5.41, 5.74) is 41.8. The third-order valence-corrected chi connectivity index (χ3v) is 11.2. The van der Waals surface area contributed by atoms with Crippen LogP contribution in [0, 0.1) is 0 Å². The van der Waals surface area contributed by atoms with E-state index >= 15 is 0 Å². The molecule has 21 nitrogen and oxygen atoms in total. The highest BCUT2D eigenvalue weighted by atomic mass is 16.5. The van der Waals surface area contributed by atoms with Gasteiger partial charge in [-0.05, 0) is 127 Å². The van der Waals surface area contributed by atoms with Gasteiger partial charge in [-0.2, -0.15) is 0 Å². The number of nitrogen functional groups attached to an aromatic ring is 6. The van der Waals surface area contributed by atoms with Crippen LogP contribution in [-0.2, 0) is 57.3 Å². The Bertz CT molecular complexity index is 2890. The van der Waals surface area contributed by atoms with Crippen LogP contribution in [0.15, 0.2) is 183 Å². The molecule has 21 heteroatoms. The predicted molar refractivity (Wildman–Crippen MR) is 332 cm³/mol. The van der Waals surface area contributed by atoms with E-state index in [9.17, 15) is 29.7 Å². The first kappa shape index (κ1) is 74.9. The smallest absolute Gasteiger partial charge is 0.337 e. The molecule has 0 amide bonds. The first-order valence-electron chi connectivity index (χ1n) is 25.8. The number of hydrogen-bond acceptors (Lipinski definition) is 18. The molecule has 84 heavy (non-hydrogen) atoms. The number of aliphatic carboxylic acids is 3. The molecule has 6 unspecified atom stereocenters. The zero-order chi connectivity index (χ0) is 62.6. The van der Waals surface area contributed by atoms with Gasteiger partial charge >= 0.3 is 17.9 Å². The van der Waals surface area contributed by atoms with Gasteiger partial charge in [0.2, 0.25) is 0 Å². The van der Waals surface area contributed by atoms with Crippen molar-refractivity contribution in [2.75, 3.05) is 68.4 Å². The lowest BCUT2D eigenvalue weighted by Crippen LogP contribution is -2.18. The molecular weight excluding hydrogens is 1080 g/mol. The van der Waals surface area contributed by atoms with Crippen LogP contribution in [0.25, 0.3) is 0 Å². The monoisotopic (exact) mass is 1170 g/mol. The van der Waals surface area contributed by atoms with Gasteiger partial charge in [0.25, 0.3) is 0 Å². The van der Waals surface area contributed by atoms with E-state index in [0.29, 0.717) is 84.2 Å². The summed E-state index contributed by atoms with van der Waals surface area (Å²) >= 11 is 0. The molecule has 6 rings (SSSR count). The number of methoxy groups -OCH3 is 2. The minimum absolute atomic E-state index is 0. The van der Waals surface area contributed by atoms with Crippen LogP contribution in [0.2, 0.25) is 0 Å². The van der Waals surface area contributed by atoms with Crippen LogP contribution in [0.5, 0.6) is 0 Å². The van der Waals surface area contributed by atoms with Crippen molar-refractivity contribution in [3.8, 4) is 0 Å². The maximum absolute atomic E-state index is 10.8. The summed E-state index contributed by atoms with van der Waals surface area (Å²) in [7, 11) is 2.90. The minimum Gasteiger partial charge on any atom is -0.510 e. The van der Waals surface area contributed by atoms with Gasteiger partial charge in [0, 0.05) is 87.4 Å². The number of benzene rings is 6. The van der Waals surface area contributed by atoms with Crippen molar-refractivity contribution in [2.45, 2.75) is 84.1 Å². The Hall–Kier alpha value is -9.09. The lowest BCUT2D eigenvalue weighted by Gasteiger charge is -2.15. The zero-order valence-electron chi connectivity index (χ0n) is 47.5. The third kappa shape index (κ3) is 30.1. The molecule has 458 valence electrons. The molecular formula is C63H86N6O15. The SMILES string of the molecule is C.C=C(O)C(Cc1ccc(N)cc1)OC.C=C(O)C(Cc1cccc(N)c1)OCC.C=C(O)C(O)Cc1cccc(N)c1.CCOC(C(=O)O)c1ccc(N)cc1.CCOC(C(=O)O)c1cccc(N)c1.COC(C(=O)O)c1ccc(N)cc1. The average Bonchev–Trinajstić information content (AvgIpc) is 3.59. The van der Waals surface area contributed by atoms with Gasteiger partial charge in [-0.3, -0.25) is 0 Å². The van der Waals surface area contributed by atoms with E-state index in [1.165, 1.54) is 7.11 Å². The fraction of sp³-hybridized carbons (Fsp3) is 0.286. The molecule has 0 bridgehead atoms. The summed E-state index contributed by atoms with van der Waals surface area (Å²) in [5.74, 6) is -3.12. The molecule has 0 radical (unpaired) electrons. The Kier molecular flexibility index (Phi) is 36.5. The Morgan fingerprint density at radius 2 is 0.762 bits per heavy atom. The third-order valence-electron chi connectivity index (χ3n) is 11.2. The van der Waals surface area contributed by atoms with Crippen molar-refractivity contribution < 1.29 is 73.8 Å². The van der Waals surface area contributed by atoms with Gasteiger partial charge in [0.05, 0.1) is 0 Å². The highest BCUT2D eigenvalue weighted by Crippen LogP contribution is 2.22. The minimum atomic E-state index is -1.01. The van der Waals surface area contributed by atoms with Gasteiger partial charge in [-0.1, -0.05) is 100.0 Å². The number of carbonyl (C=O) groups is 3. The zero-order valence-corrected chi connectivity index (χ0v) is 47.5. The van der Waals surface area contributed by atoms with E-state index in [1.54, 1.807) is 112 Å². The first-order chi connectivity index (χ1) is 39.3. The molecule has 0 aliphatic carbocycles. The lowest BCUT2D eigenvalue weighted by molar-refractivity contribution is -0.151. The van der Waals surface area contributed by atoms with Crippen LogP contribution >= 0.6 is 0 Å². The van der Waals surface area contributed by atoms with Gasteiger partial charge in [-0.15, -0.1) is 0 Å². The number of aliphatic hydroxyl groups excluding tert-OH is 4. The maximum atomic E-state index is 10.8. The molecule has 6 aromatic carbocycles. The second-order valence-corrected chi connectivity index (χ2v) is 17.8. The van der Waals surface area contributed by atoms with Crippen molar-refractivity contribution >= 4 is 52.0 Å². The normalized spacial score (nSPS) is 12.2. The van der Waals surface area contributed by atoms with E-state index < -0.39 is 42.3 Å². The molecule has 0 spiro atoms. The predicted octanol–water partition coefficient (Wildman–Crippen LogP) is 9.97. The summed E-state index contributed by atoms with van der Waals surface area (Å²) < 4.78 is 25.4. The second kappa shape index (κ2) is 41.0. The van der Waals surface area contributed by atoms with Gasteiger partial charge < -0.3 is 93.8 Å². The summed E-state index contributed by atoms with van der Waals surface area (Å²) in [6.07, 6.45) is -2.83. The van der Waals surface area contributed by atoms with Crippen LogP contribution < -0.4 is 34.4 Å².